The molecule has 0 saturated heterocycles. The van der Waals surface area contributed by atoms with Crippen LogP contribution >= 0.6 is 0 Å². The van der Waals surface area contributed by atoms with Crippen molar-refractivity contribution in [3.63, 3.8) is 0 Å². The zero-order valence-electron chi connectivity index (χ0n) is 22.7. The number of aromatic nitrogens is 7. The highest BCUT2D eigenvalue weighted by atomic mass is 15.1. The van der Waals surface area contributed by atoms with Gasteiger partial charge in [0.2, 0.25) is 0 Å². The number of hydrogen-bond acceptors (Lipinski definition) is 5. The summed E-state index contributed by atoms with van der Waals surface area (Å²) in [6.07, 6.45) is 5.54. The predicted molar refractivity (Wildman–Crippen MR) is 163 cm³/mol. The molecule has 0 atom stereocenters. The Labute approximate surface area is 229 Å². The molecule has 0 bridgehead atoms. The van der Waals surface area contributed by atoms with Crippen molar-refractivity contribution in [1.29, 1.82) is 0 Å². The van der Waals surface area contributed by atoms with Gasteiger partial charge in [0.25, 0.3) is 0 Å². The van der Waals surface area contributed by atoms with Crippen LogP contribution in [0.15, 0.2) is 67.1 Å². The SMILES string of the molecule is CC(C)c1nc2c3cnncc3c3cc(-c4ccc5c(c4)c4ncccc4c4nc(C(C)C)[nH]c54)ccc3c2[nH]1. The fourth-order valence-corrected chi connectivity index (χ4v) is 5.95. The Morgan fingerprint density at radius 1 is 0.550 bits per heavy atom. The van der Waals surface area contributed by atoms with Crippen LogP contribution in [0.1, 0.15) is 51.2 Å². The average Bonchev–Trinajstić information content (AvgIpc) is 3.64. The summed E-state index contributed by atoms with van der Waals surface area (Å²) in [7, 11) is 0. The van der Waals surface area contributed by atoms with Crippen LogP contribution in [0, 0.1) is 0 Å². The second-order valence-corrected chi connectivity index (χ2v) is 11.2. The minimum absolute atomic E-state index is 0.297. The third kappa shape index (κ3) is 3.21. The van der Waals surface area contributed by atoms with Crippen LogP contribution in [0.3, 0.4) is 0 Å². The van der Waals surface area contributed by atoms with E-state index < -0.39 is 0 Å². The Hall–Kier alpha value is -4.91. The maximum atomic E-state index is 4.96. The number of pyridine rings is 1. The molecule has 0 radical (unpaired) electrons. The summed E-state index contributed by atoms with van der Waals surface area (Å²) < 4.78 is 0. The van der Waals surface area contributed by atoms with Crippen LogP contribution in [-0.4, -0.2) is 35.1 Å². The van der Waals surface area contributed by atoms with Crippen LogP contribution in [0.5, 0.6) is 0 Å². The van der Waals surface area contributed by atoms with Crippen molar-refractivity contribution in [2.45, 2.75) is 39.5 Å². The maximum Gasteiger partial charge on any atom is 0.109 e. The largest absolute Gasteiger partial charge is 0.341 e. The van der Waals surface area contributed by atoms with Crippen LogP contribution in [0.4, 0.5) is 0 Å². The molecule has 0 aliphatic heterocycles. The second-order valence-electron chi connectivity index (χ2n) is 11.2. The van der Waals surface area contributed by atoms with Gasteiger partial charge in [-0.25, -0.2) is 9.97 Å². The van der Waals surface area contributed by atoms with Crippen molar-refractivity contribution >= 4 is 65.3 Å². The van der Waals surface area contributed by atoms with Gasteiger partial charge >= 0.3 is 0 Å². The summed E-state index contributed by atoms with van der Waals surface area (Å²) in [5.41, 5.74) is 7.27. The van der Waals surface area contributed by atoms with E-state index in [1.807, 2.05) is 24.7 Å². The number of H-pyrrole nitrogens is 2. The summed E-state index contributed by atoms with van der Waals surface area (Å²) in [5.74, 6) is 2.57. The van der Waals surface area contributed by atoms with Gasteiger partial charge in [0.15, 0.2) is 0 Å². The van der Waals surface area contributed by atoms with Gasteiger partial charge in [-0.3, -0.25) is 4.98 Å². The molecule has 40 heavy (non-hydrogen) atoms. The van der Waals surface area contributed by atoms with E-state index in [-0.39, 0.29) is 0 Å². The first kappa shape index (κ1) is 23.0. The van der Waals surface area contributed by atoms with Gasteiger partial charge in [0.1, 0.15) is 11.6 Å². The van der Waals surface area contributed by atoms with Gasteiger partial charge in [-0.1, -0.05) is 52.0 Å². The Morgan fingerprint density at radius 3 is 1.77 bits per heavy atom. The lowest BCUT2D eigenvalue weighted by Gasteiger charge is -2.11. The van der Waals surface area contributed by atoms with E-state index in [2.05, 4.69) is 90.3 Å². The molecule has 4 aromatic heterocycles. The smallest absolute Gasteiger partial charge is 0.109 e. The lowest BCUT2D eigenvalue weighted by molar-refractivity contribution is 0.799. The molecule has 0 unspecified atom stereocenters. The standard InChI is InChI=1S/C33H27N7/c1-16(2)32-38-29-21-10-8-19(13-24(21)27-22(30(29)39-32)6-5-11-34-27)18-7-9-20-23(12-18)25-14-35-36-15-26(25)31-28(20)37-33(40-31)17(3)4/h5-17H,1-4H3,(H,37,40)(H,38,39). The van der Waals surface area contributed by atoms with E-state index in [1.54, 1.807) is 0 Å². The van der Waals surface area contributed by atoms with Crippen molar-refractivity contribution in [3.8, 4) is 11.1 Å². The number of nitrogens with zero attached hydrogens (tertiary/aromatic N) is 5. The molecule has 8 rings (SSSR count). The minimum atomic E-state index is 0.297. The molecular weight excluding hydrogens is 494 g/mol. The molecule has 4 heterocycles. The summed E-state index contributed by atoms with van der Waals surface area (Å²) in [6.45, 7) is 8.63. The molecule has 7 nitrogen and oxygen atoms in total. The number of hydrogen-bond donors (Lipinski definition) is 2. The first-order valence-corrected chi connectivity index (χ1v) is 13.7. The Balaban J connectivity index is 1.41. The van der Waals surface area contributed by atoms with Crippen molar-refractivity contribution in [1.82, 2.24) is 35.1 Å². The van der Waals surface area contributed by atoms with Gasteiger partial charge in [-0.15, -0.1) is 0 Å². The fraction of sp³-hybridized carbons (Fsp3) is 0.182. The van der Waals surface area contributed by atoms with Gasteiger partial charge in [-0.2, -0.15) is 10.2 Å². The topological polar surface area (TPSA) is 96.0 Å². The minimum Gasteiger partial charge on any atom is -0.341 e. The molecule has 0 fully saturated rings. The number of benzene rings is 4. The second kappa shape index (κ2) is 8.29. The summed E-state index contributed by atoms with van der Waals surface area (Å²) in [5, 5.41) is 16.0. The van der Waals surface area contributed by atoms with Crippen molar-refractivity contribution in [2.24, 2.45) is 0 Å². The van der Waals surface area contributed by atoms with Crippen molar-refractivity contribution in [3.05, 3.63) is 78.8 Å². The molecule has 0 saturated carbocycles. The van der Waals surface area contributed by atoms with E-state index in [0.29, 0.717) is 11.8 Å². The predicted octanol–water partition coefficient (Wildman–Crippen LogP) is 8.15. The average molecular weight is 522 g/mol. The third-order valence-electron chi connectivity index (χ3n) is 8.04. The monoisotopic (exact) mass is 521 g/mol. The molecule has 7 heteroatoms. The van der Waals surface area contributed by atoms with E-state index >= 15 is 0 Å². The lowest BCUT2D eigenvalue weighted by atomic mass is 9.95. The van der Waals surface area contributed by atoms with Crippen LogP contribution in [0.25, 0.3) is 76.4 Å². The van der Waals surface area contributed by atoms with Crippen molar-refractivity contribution in [2.75, 3.05) is 0 Å². The number of nitrogens with one attached hydrogen (secondary N) is 2. The van der Waals surface area contributed by atoms with E-state index in [1.165, 1.54) is 0 Å². The Bertz CT molecular complexity index is 2130. The number of rotatable bonds is 3. The van der Waals surface area contributed by atoms with Gasteiger partial charge in [0.05, 0.1) is 40.0 Å². The third-order valence-corrected chi connectivity index (χ3v) is 8.04. The van der Waals surface area contributed by atoms with Crippen LogP contribution in [-0.2, 0) is 0 Å². The molecule has 2 N–H and O–H groups in total. The molecule has 4 aromatic carbocycles. The molecule has 0 aliphatic carbocycles. The molecule has 8 aromatic rings. The summed E-state index contributed by atoms with van der Waals surface area (Å²) >= 11 is 0. The van der Waals surface area contributed by atoms with E-state index in [9.17, 15) is 0 Å². The lowest BCUT2D eigenvalue weighted by Crippen LogP contribution is -1.88. The van der Waals surface area contributed by atoms with Gasteiger partial charge < -0.3 is 9.97 Å². The highest BCUT2D eigenvalue weighted by molar-refractivity contribution is 6.24. The molecule has 0 amide bonds. The maximum absolute atomic E-state index is 4.96. The molecular formula is C33H27N7. The highest BCUT2D eigenvalue weighted by Gasteiger charge is 2.18. The van der Waals surface area contributed by atoms with E-state index in [4.69, 9.17) is 15.0 Å². The summed E-state index contributed by atoms with van der Waals surface area (Å²) in [6, 6.07) is 17.4. The molecule has 0 aliphatic rings. The molecule has 0 spiro atoms. The fourth-order valence-electron chi connectivity index (χ4n) is 5.95. The number of imidazole rings is 2. The van der Waals surface area contributed by atoms with Crippen LogP contribution < -0.4 is 0 Å². The van der Waals surface area contributed by atoms with Crippen LogP contribution in [0.2, 0.25) is 0 Å². The molecule has 194 valence electrons. The zero-order chi connectivity index (χ0) is 27.1. The number of fused-ring (bicyclic) bond motifs is 12. The van der Waals surface area contributed by atoms with E-state index in [0.717, 1.165) is 88.1 Å². The van der Waals surface area contributed by atoms with Gasteiger partial charge in [0, 0.05) is 50.4 Å². The quantitative estimate of drug-likeness (QED) is 0.229. The summed E-state index contributed by atoms with van der Waals surface area (Å²) in [4.78, 5) is 21.9. The first-order chi connectivity index (χ1) is 19.5. The van der Waals surface area contributed by atoms with Gasteiger partial charge in [-0.05, 0) is 40.8 Å². The Kier molecular flexibility index (Phi) is 4.77. The Morgan fingerprint density at radius 2 is 1.12 bits per heavy atom. The zero-order valence-corrected chi connectivity index (χ0v) is 22.7. The first-order valence-electron chi connectivity index (χ1n) is 13.7. The normalized spacial score (nSPS) is 12.4. The number of aromatic amines is 2. The highest BCUT2D eigenvalue weighted by Crippen LogP contribution is 2.39. The van der Waals surface area contributed by atoms with Crippen molar-refractivity contribution < 1.29 is 0 Å².